The molecule has 1 aromatic heterocycles. The number of fused-ring (bicyclic) bond motifs is 1. The molecule has 0 saturated heterocycles. The van der Waals surface area contributed by atoms with Crippen LogP contribution in [-0.2, 0) is 5.41 Å². The fourth-order valence-corrected chi connectivity index (χ4v) is 2.61. The van der Waals surface area contributed by atoms with E-state index in [4.69, 9.17) is 0 Å². The number of phenols is 2. The molecular formula is C19H20N2O2. The van der Waals surface area contributed by atoms with Gasteiger partial charge < -0.3 is 15.5 Å². The third kappa shape index (κ3) is 3.06. The molecule has 0 aliphatic carbocycles. The lowest BCUT2D eigenvalue weighted by Crippen LogP contribution is -2.27. The predicted molar refractivity (Wildman–Crippen MR) is 93.0 cm³/mol. The van der Waals surface area contributed by atoms with Crippen molar-refractivity contribution in [2.45, 2.75) is 19.3 Å². The van der Waals surface area contributed by atoms with Gasteiger partial charge in [0.1, 0.15) is 0 Å². The number of hydrogen-bond donors (Lipinski definition) is 3. The van der Waals surface area contributed by atoms with Crippen LogP contribution in [0, 0.1) is 0 Å². The lowest BCUT2D eigenvalue weighted by molar-refractivity contribution is 0.401. The largest absolute Gasteiger partial charge is 0.504 e. The molecule has 0 atom stereocenters. The number of pyridine rings is 1. The molecule has 0 aliphatic heterocycles. The van der Waals surface area contributed by atoms with E-state index in [1.165, 1.54) is 6.07 Å². The van der Waals surface area contributed by atoms with E-state index in [1.807, 2.05) is 36.4 Å². The van der Waals surface area contributed by atoms with Crippen LogP contribution in [0.5, 0.6) is 11.5 Å². The van der Waals surface area contributed by atoms with Gasteiger partial charge in [-0.05, 0) is 29.8 Å². The summed E-state index contributed by atoms with van der Waals surface area (Å²) in [7, 11) is 0. The van der Waals surface area contributed by atoms with E-state index in [0.717, 1.165) is 22.2 Å². The first-order chi connectivity index (χ1) is 11.0. The van der Waals surface area contributed by atoms with Crippen molar-refractivity contribution in [2.75, 3.05) is 11.9 Å². The maximum Gasteiger partial charge on any atom is 0.157 e. The van der Waals surface area contributed by atoms with Crippen LogP contribution < -0.4 is 5.32 Å². The molecule has 0 spiro atoms. The summed E-state index contributed by atoms with van der Waals surface area (Å²) in [6.45, 7) is 4.87. The zero-order valence-corrected chi connectivity index (χ0v) is 13.2. The van der Waals surface area contributed by atoms with Gasteiger partial charge in [-0.3, -0.25) is 4.98 Å². The van der Waals surface area contributed by atoms with Crippen molar-refractivity contribution in [3.05, 3.63) is 60.3 Å². The predicted octanol–water partition coefficient (Wildman–Crippen LogP) is 4.04. The summed E-state index contributed by atoms with van der Waals surface area (Å²) >= 11 is 0. The van der Waals surface area contributed by atoms with Gasteiger partial charge in [0, 0.05) is 29.2 Å². The topological polar surface area (TPSA) is 65.4 Å². The number of nitrogens with zero attached hydrogens (tertiary/aromatic N) is 1. The van der Waals surface area contributed by atoms with E-state index in [9.17, 15) is 10.2 Å². The second-order valence-corrected chi connectivity index (χ2v) is 6.32. The van der Waals surface area contributed by atoms with Gasteiger partial charge in [0.15, 0.2) is 11.5 Å². The fraction of sp³-hybridized carbons (Fsp3) is 0.211. The molecule has 4 nitrogen and oxygen atoms in total. The van der Waals surface area contributed by atoms with Crippen LogP contribution in [-0.4, -0.2) is 21.7 Å². The molecule has 23 heavy (non-hydrogen) atoms. The molecule has 1 heterocycles. The zero-order chi connectivity index (χ0) is 16.4. The molecule has 0 bridgehead atoms. The van der Waals surface area contributed by atoms with E-state index >= 15 is 0 Å². The molecule has 0 fully saturated rings. The third-order valence-electron chi connectivity index (χ3n) is 4.13. The van der Waals surface area contributed by atoms with E-state index in [-0.39, 0.29) is 16.9 Å². The van der Waals surface area contributed by atoms with E-state index in [2.05, 4.69) is 24.1 Å². The minimum Gasteiger partial charge on any atom is -0.504 e. The van der Waals surface area contributed by atoms with Crippen LogP contribution >= 0.6 is 0 Å². The Balaban J connectivity index is 1.84. The summed E-state index contributed by atoms with van der Waals surface area (Å²) in [5.41, 5.74) is 2.73. The van der Waals surface area contributed by atoms with Crippen LogP contribution in [0.25, 0.3) is 10.9 Å². The Morgan fingerprint density at radius 3 is 2.57 bits per heavy atom. The summed E-state index contributed by atoms with van der Waals surface area (Å²) in [6.07, 6.45) is 1.80. The highest BCUT2D eigenvalue weighted by Crippen LogP contribution is 2.32. The highest BCUT2D eigenvalue weighted by Gasteiger charge is 2.22. The Morgan fingerprint density at radius 2 is 1.78 bits per heavy atom. The zero-order valence-electron chi connectivity index (χ0n) is 13.2. The lowest BCUT2D eigenvalue weighted by atomic mass is 9.84. The summed E-state index contributed by atoms with van der Waals surface area (Å²) in [6, 6.07) is 14.9. The van der Waals surface area contributed by atoms with Gasteiger partial charge in [0.2, 0.25) is 0 Å². The molecule has 3 rings (SSSR count). The Kier molecular flexibility index (Phi) is 3.82. The number of aromatic hydroxyl groups is 2. The molecule has 0 amide bonds. The second kappa shape index (κ2) is 5.80. The van der Waals surface area contributed by atoms with Crippen molar-refractivity contribution in [1.82, 2.24) is 4.98 Å². The lowest BCUT2D eigenvalue weighted by Gasteiger charge is -2.27. The number of nitrogens with one attached hydrogen (secondary N) is 1. The van der Waals surface area contributed by atoms with Crippen molar-refractivity contribution in [3.63, 3.8) is 0 Å². The minimum atomic E-state index is -0.213. The smallest absolute Gasteiger partial charge is 0.157 e. The van der Waals surface area contributed by atoms with Crippen LogP contribution in [0.3, 0.4) is 0 Å². The summed E-state index contributed by atoms with van der Waals surface area (Å²) in [5.74, 6) is -0.192. The van der Waals surface area contributed by atoms with Crippen molar-refractivity contribution in [3.8, 4) is 11.5 Å². The van der Waals surface area contributed by atoms with Gasteiger partial charge in [-0.25, -0.2) is 0 Å². The number of anilines is 1. The van der Waals surface area contributed by atoms with Crippen LogP contribution in [0.2, 0.25) is 0 Å². The first-order valence-electron chi connectivity index (χ1n) is 7.57. The van der Waals surface area contributed by atoms with Gasteiger partial charge in [0.05, 0.1) is 5.52 Å². The van der Waals surface area contributed by atoms with Gasteiger partial charge in [-0.2, -0.15) is 0 Å². The number of phenolic OH excluding ortho intramolecular Hbond substituents is 2. The van der Waals surface area contributed by atoms with Gasteiger partial charge >= 0.3 is 0 Å². The number of rotatable bonds is 4. The number of para-hydroxylation sites is 1. The SMILES string of the molecule is CC(C)(CNc1ccnc2ccccc12)c1ccc(O)c(O)c1. The maximum absolute atomic E-state index is 9.71. The van der Waals surface area contributed by atoms with E-state index in [1.54, 1.807) is 12.3 Å². The quantitative estimate of drug-likeness (QED) is 0.637. The minimum absolute atomic E-state index is 0.0927. The van der Waals surface area contributed by atoms with Crippen LogP contribution in [0.15, 0.2) is 54.7 Å². The summed E-state index contributed by atoms with van der Waals surface area (Å²) in [4.78, 5) is 4.36. The number of aromatic nitrogens is 1. The average Bonchev–Trinajstić information content (AvgIpc) is 2.55. The second-order valence-electron chi connectivity index (χ2n) is 6.32. The Labute approximate surface area is 135 Å². The Morgan fingerprint density at radius 1 is 1.00 bits per heavy atom. The monoisotopic (exact) mass is 308 g/mol. The van der Waals surface area contributed by atoms with Gasteiger partial charge in [-0.1, -0.05) is 38.1 Å². The molecule has 0 saturated carbocycles. The van der Waals surface area contributed by atoms with Crippen molar-refractivity contribution in [2.24, 2.45) is 0 Å². The Bertz CT molecular complexity index is 838. The van der Waals surface area contributed by atoms with Gasteiger partial charge in [-0.15, -0.1) is 0 Å². The first-order valence-corrected chi connectivity index (χ1v) is 7.57. The molecule has 3 aromatic rings. The third-order valence-corrected chi connectivity index (χ3v) is 4.13. The number of hydrogen-bond acceptors (Lipinski definition) is 4. The molecule has 0 unspecified atom stereocenters. The highest BCUT2D eigenvalue weighted by molar-refractivity contribution is 5.90. The molecule has 4 heteroatoms. The number of benzene rings is 2. The molecule has 3 N–H and O–H groups in total. The molecule has 2 aromatic carbocycles. The normalized spacial score (nSPS) is 11.6. The summed E-state index contributed by atoms with van der Waals surface area (Å²) < 4.78 is 0. The first kappa shape index (κ1) is 15.2. The van der Waals surface area contributed by atoms with E-state index in [0.29, 0.717) is 6.54 Å². The van der Waals surface area contributed by atoms with Gasteiger partial charge in [0.25, 0.3) is 0 Å². The van der Waals surface area contributed by atoms with Crippen molar-refractivity contribution in [1.29, 1.82) is 0 Å². The van der Waals surface area contributed by atoms with Crippen LogP contribution in [0.1, 0.15) is 19.4 Å². The van der Waals surface area contributed by atoms with Crippen molar-refractivity contribution >= 4 is 16.6 Å². The van der Waals surface area contributed by atoms with Crippen molar-refractivity contribution < 1.29 is 10.2 Å². The average molecular weight is 308 g/mol. The molecule has 0 aliphatic rings. The standard InChI is InChI=1S/C19H20N2O2/c1-19(2,13-7-8-17(22)18(23)11-13)12-21-16-9-10-20-15-6-4-3-5-14(15)16/h3-11,22-23H,12H2,1-2H3,(H,20,21). The molecular weight excluding hydrogens is 288 g/mol. The highest BCUT2D eigenvalue weighted by atomic mass is 16.3. The maximum atomic E-state index is 9.71. The summed E-state index contributed by atoms with van der Waals surface area (Å²) in [5, 5.41) is 23.7. The van der Waals surface area contributed by atoms with Crippen LogP contribution in [0.4, 0.5) is 5.69 Å². The Hall–Kier alpha value is -2.75. The molecule has 118 valence electrons. The van der Waals surface area contributed by atoms with E-state index < -0.39 is 0 Å². The fourth-order valence-electron chi connectivity index (χ4n) is 2.61. The molecule has 0 radical (unpaired) electrons.